The van der Waals surface area contributed by atoms with E-state index in [1.165, 1.54) is 5.01 Å². The zero-order valence-corrected chi connectivity index (χ0v) is 19.7. The van der Waals surface area contributed by atoms with Gasteiger partial charge in [0.15, 0.2) is 0 Å². The largest absolute Gasteiger partial charge is 0.372 e. The van der Waals surface area contributed by atoms with E-state index in [1.807, 2.05) is 60.7 Å². The number of hydrazone groups is 1. The Morgan fingerprint density at radius 3 is 2.09 bits per heavy atom. The smallest absolute Gasteiger partial charge is 0.300 e. The van der Waals surface area contributed by atoms with Crippen molar-refractivity contribution in [3.63, 3.8) is 0 Å². The first kappa shape index (κ1) is 23.0. The fourth-order valence-electron chi connectivity index (χ4n) is 4.04. The highest BCUT2D eigenvalue weighted by Crippen LogP contribution is 2.29. The monoisotopic (exact) mass is 455 g/mol. The van der Waals surface area contributed by atoms with Gasteiger partial charge >= 0.3 is 0 Å². The topological polar surface area (TPSA) is 77.0 Å². The molecule has 0 radical (unpaired) electrons. The van der Waals surface area contributed by atoms with Crippen LogP contribution in [0.5, 0.6) is 0 Å². The highest BCUT2D eigenvalue weighted by atomic mass is 16.2. The van der Waals surface area contributed by atoms with Crippen molar-refractivity contribution in [3.05, 3.63) is 90.5 Å². The van der Waals surface area contributed by atoms with Gasteiger partial charge in [-0.2, -0.15) is 10.1 Å². The molecule has 1 heterocycles. The predicted molar refractivity (Wildman–Crippen MR) is 137 cm³/mol. The first-order valence-electron chi connectivity index (χ1n) is 11.4. The first-order chi connectivity index (χ1) is 16.5. The molecule has 1 aliphatic heterocycles. The molecule has 2 N–H and O–H groups in total. The van der Waals surface area contributed by atoms with Gasteiger partial charge in [-0.25, -0.2) is 0 Å². The summed E-state index contributed by atoms with van der Waals surface area (Å²) >= 11 is 0. The number of hydrogen-bond donors (Lipinski definition) is 2. The number of rotatable bonds is 8. The zero-order valence-electron chi connectivity index (χ0n) is 19.7. The van der Waals surface area contributed by atoms with Crippen LogP contribution >= 0.6 is 0 Å². The number of carbonyl (C=O) groups is 2. The SMILES string of the molecule is CCN(CC)c1ccc(NC2(NC(=O)c3ccccc3)C(=O)N(c3ccccc3)N=C2C)cc1. The van der Waals surface area contributed by atoms with Crippen molar-refractivity contribution in [3.8, 4) is 0 Å². The summed E-state index contributed by atoms with van der Waals surface area (Å²) in [4.78, 5) is 29.2. The number of para-hydroxylation sites is 1. The third kappa shape index (κ3) is 4.37. The molecule has 7 heteroatoms. The number of anilines is 3. The fourth-order valence-corrected chi connectivity index (χ4v) is 4.04. The molecule has 0 saturated carbocycles. The quantitative estimate of drug-likeness (QED) is 0.491. The normalized spacial score (nSPS) is 17.3. The molecule has 1 unspecified atom stereocenters. The Kier molecular flexibility index (Phi) is 6.63. The summed E-state index contributed by atoms with van der Waals surface area (Å²) in [5.41, 5.74) is 1.78. The molecule has 3 aromatic rings. The van der Waals surface area contributed by atoms with Gasteiger partial charge in [0.05, 0.1) is 11.4 Å². The Balaban J connectivity index is 1.70. The Hall–Kier alpha value is -4.13. The lowest BCUT2D eigenvalue weighted by atomic mass is 10.0. The molecular weight excluding hydrogens is 426 g/mol. The molecule has 2 amide bonds. The van der Waals surface area contributed by atoms with Gasteiger partial charge in [0.2, 0.25) is 5.66 Å². The van der Waals surface area contributed by atoms with Gasteiger partial charge in [-0.1, -0.05) is 36.4 Å². The van der Waals surface area contributed by atoms with E-state index in [1.54, 1.807) is 31.2 Å². The molecule has 1 aliphatic rings. The van der Waals surface area contributed by atoms with E-state index < -0.39 is 5.66 Å². The molecule has 3 aromatic carbocycles. The third-order valence-electron chi connectivity index (χ3n) is 5.97. The van der Waals surface area contributed by atoms with Crippen molar-refractivity contribution in [2.75, 3.05) is 28.3 Å². The van der Waals surface area contributed by atoms with Crippen molar-refractivity contribution in [1.82, 2.24) is 5.32 Å². The van der Waals surface area contributed by atoms with Gasteiger partial charge < -0.3 is 15.5 Å². The van der Waals surface area contributed by atoms with Crippen LogP contribution in [-0.2, 0) is 4.79 Å². The molecule has 4 rings (SSSR count). The van der Waals surface area contributed by atoms with Crippen molar-refractivity contribution in [2.24, 2.45) is 5.10 Å². The molecule has 34 heavy (non-hydrogen) atoms. The van der Waals surface area contributed by atoms with E-state index >= 15 is 0 Å². The second kappa shape index (κ2) is 9.79. The number of hydrogen-bond acceptors (Lipinski definition) is 5. The average molecular weight is 456 g/mol. The van der Waals surface area contributed by atoms with Crippen molar-refractivity contribution < 1.29 is 9.59 Å². The Morgan fingerprint density at radius 2 is 1.50 bits per heavy atom. The summed E-state index contributed by atoms with van der Waals surface area (Å²) in [7, 11) is 0. The Bertz CT molecular complexity index is 1170. The lowest BCUT2D eigenvalue weighted by Gasteiger charge is -2.31. The molecule has 0 saturated heterocycles. The van der Waals surface area contributed by atoms with Crippen LogP contribution in [-0.4, -0.2) is 36.3 Å². The number of nitrogens with zero attached hydrogens (tertiary/aromatic N) is 3. The number of nitrogens with one attached hydrogen (secondary N) is 2. The van der Waals surface area contributed by atoms with Crippen LogP contribution in [0.25, 0.3) is 0 Å². The highest BCUT2D eigenvalue weighted by molar-refractivity contribution is 6.25. The van der Waals surface area contributed by atoms with Crippen molar-refractivity contribution in [2.45, 2.75) is 26.4 Å². The van der Waals surface area contributed by atoms with Gasteiger partial charge in [0.25, 0.3) is 11.8 Å². The maximum Gasteiger partial charge on any atom is 0.300 e. The summed E-state index contributed by atoms with van der Waals surface area (Å²) in [6.45, 7) is 7.76. The second-order valence-corrected chi connectivity index (χ2v) is 8.05. The van der Waals surface area contributed by atoms with Gasteiger partial charge in [-0.3, -0.25) is 9.59 Å². The minimum absolute atomic E-state index is 0.370. The molecular formula is C27H29N5O2. The summed E-state index contributed by atoms with van der Waals surface area (Å²) in [6, 6.07) is 25.8. The summed E-state index contributed by atoms with van der Waals surface area (Å²) in [6.07, 6.45) is 0. The maximum atomic E-state index is 13.8. The van der Waals surface area contributed by atoms with Gasteiger partial charge in [-0.15, -0.1) is 0 Å². The summed E-state index contributed by atoms with van der Waals surface area (Å²) in [5.74, 6) is -0.751. The molecule has 0 aromatic heterocycles. The minimum atomic E-state index is -1.53. The third-order valence-corrected chi connectivity index (χ3v) is 5.97. The molecule has 1 atom stereocenters. The first-order valence-corrected chi connectivity index (χ1v) is 11.4. The number of amides is 2. The number of benzene rings is 3. The van der Waals surface area contributed by atoms with Crippen molar-refractivity contribution >= 4 is 34.6 Å². The lowest BCUT2D eigenvalue weighted by molar-refractivity contribution is -0.120. The standard InChI is InChI=1S/C27H29N5O2/c1-4-31(5-2)23-18-16-22(17-19-23)28-27(29-25(33)21-12-8-6-9-13-21)20(3)30-32(26(27)34)24-14-10-7-11-15-24/h6-19,28H,4-5H2,1-3H3,(H,29,33). The second-order valence-electron chi connectivity index (χ2n) is 8.05. The van der Waals surface area contributed by atoms with E-state index in [4.69, 9.17) is 0 Å². The van der Waals surface area contributed by atoms with Crippen LogP contribution in [0.4, 0.5) is 17.1 Å². The van der Waals surface area contributed by atoms with E-state index in [0.29, 0.717) is 22.6 Å². The minimum Gasteiger partial charge on any atom is -0.372 e. The van der Waals surface area contributed by atoms with Gasteiger partial charge in [-0.05, 0) is 69.3 Å². The Labute approximate surface area is 200 Å². The van der Waals surface area contributed by atoms with Crippen LogP contribution in [0, 0.1) is 0 Å². The highest BCUT2D eigenvalue weighted by Gasteiger charge is 2.51. The maximum absolute atomic E-state index is 13.8. The van der Waals surface area contributed by atoms with E-state index in [0.717, 1.165) is 18.8 Å². The van der Waals surface area contributed by atoms with Crippen molar-refractivity contribution in [1.29, 1.82) is 0 Å². The molecule has 0 bridgehead atoms. The summed E-state index contributed by atoms with van der Waals surface area (Å²) < 4.78 is 0. The van der Waals surface area contributed by atoms with Crippen LogP contribution < -0.4 is 20.5 Å². The zero-order chi connectivity index (χ0) is 24.1. The Morgan fingerprint density at radius 1 is 0.912 bits per heavy atom. The van der Waals surface area contributed by atoms with E-state index in [-0.39, 0.29) is 11.8 Å². The molecule has 0 aliphatic carbocycles. The molecule has 0 spiro atoms. The number of carbonyl (C=O) groups excluding carboxylic acids is 2. The van der Waals surface area contributed by atoms with Crippen LogP contribution in [0.2, 0.25) is 0 Å². The molecule has 0 fully saturated rings. The van der Waals surface area contributed by atoms with Crippen LogP contribution in [0.3, 0.4) is 0 Å². The van der Waals surface area contributed by atoms with Gasteiger partial charge in [0, 0.05) is 30.0 Å². The van der Waals surface area contributed by atoms with Crippen LogP contribution in [0.15, 0.2) is 90.0 Å². The summed E-state index contributed by atoms with van der Waals surface area (Å²) in [5, 5.41) is 12.1. The van der Waals surface area contributed by atoms with Crippen LogP contribution in [0.1, 0.15) is 31.1 Å². The molecule has 7 nitrogen and oxygen atoms in total. The lowest BCUT2D eigenvalue weighted by Crippen LogP contribution is -2.64. The van der Waals surface area contributed by atoms with E-state index in [2.05, 4.69) is 34.5 Å². The predicted octanol–water partition coefficient (Wildman–Crippen LogP) is 4.49. The average Bonchev–Trinajstić information content (AvgIpc) is 3.11. The van der Waals surface area contributed by atoms with E-state index in [9.17, 15) is 9.59 Å². The fraction of sp³-hybridized carbons (Fsp3) is 0.222. The molecule has 174 valence electrons. The van der Waals surface area contributed by atoms with Gasteiger partial charge in [0.1, 0.15) is 0 Å².